The predicted octanol–water partition coefficient (Wildman–Crippen LogP) is 3.42. The fourth-order valence-corrected chi connectivity index (χ4v) is 4.41. The van der Waals surface area contributed by atoms with Crippen molar-refractivity contribution in [2.24, 2.45) is 5.92 Å². The molecule has 1 fully saturated rings. The molecule has 1 saturated heterocycles. The highest BCUT2D eigenvalue weighted by molar-refractivity contribution is 6.01. The molecule has 0 radical (unpaired) electrons. The summed E-state index contributed by atoms with van der Waals surface area (Å²) >= 11 is 0. The Morgan fingerprint density at radius 2 is 2.07 bits per heavy atom. The van der Waals surface area contributed by atoms with Gasteiger partial charge in [-0.25, -0.2) is 0 Å². The standard InChI is InChI=1S/C22H37N5O2/c1-4-5-13-29-22-24-20(23)18-14-19(28)27(21(18)25-22)12-8-10-17-9-6-7-11-26(17)15-16(2)3/h16-17H,4-15H2,1-3H3,(H2,23,24,25). The van der Waals surface area contributed by atoms with Crippen molar-refractivity contribution in [3.8, 4) is 6.01 Å². The number of ether oxygens (including phenoxy) is 1. The zero-order valence-corrected chi connectivity index (χ0v) is 18.3. The first-order valence-electron chi connectivity index (χ1n) is 11.3. The summed E-state index contributed by atoms with van der Waals surface area (Å²) in [5, 5.41) is 0. The predicted molar refractivity (Wildman–Crippen MR) is 116 cm³/mol. The molecule has 1 aromatic rings. The van der Waals surface area contributed by atoms with Gasteiger partial charge in [-0.05, 0) is 44.6 Å². The number of piperidine rings is 1. The Morgan fingerprint density at radius 3 is 2.83 bits per heavy atom. The molecule has 1 atom stereocenters. The molecule has 1 amide bonds. The molecule has 29 heavy (non-hydrogen) atoms. The number of hydrogen-bond donors (Lipinski definition) is 1. The molecule has 2 N–H and O–H groups in total. The van der Waals surface area contributed by atoms with E-state index >= 15 is 0 Å². The number of amides is 1. The van der Waals surface area contributed by atoms with Crippen LogP contribution in [-0.4, -0.2) is 53.1 Å². The van der Waals surface area contributed by atoms with E-state index in [-0.39, 0.29) is 11.9 Å². The minimum absolute atomic E-state index is 0.0642. The monoisotopic (exact) mass is 403 g/mol. The van der Waals surface area contributed by atoms with E-state index in [2.05, 4.69) is 35.6 Å². The number of likely N-dealkylation sites (tertiary alicyclic amines) is 1. The van der Waals surface area contributed by atoms with Crippen molar-refractivity contribution in [3.05, 3.63) is 5.56 Å². The molecule has 7 heteroatoms. The number of unbranched alkanes of at least 4 members (excludes halogenated alkanes) is 1. The number of nitrogen functional groups attached to an aromatic ring is 1. The number of carbonyl (C=O) groups excluding carboxylic acids is 1. The average Bonchev–Trinajstić information content (AvgIpc) is 2.99. The summed E-state index contributed by atoms with van der Waals surface area (Å²) < 4.78 is 5.64. The second kappa shape index (κ2) is 10.2. The van der Waals surface area contributed by atoms with Crippen LogP contribution in [-0.2, 0) is 11.2 Å². The molecule has 0 bridgehead atoms. The van der Waals surface area contributed by atoms with Gasteiger partial charge in [0.05, 0.1) is 13.0 Å². The molecule has 3 rings (SSSR count). The van der Waals surface area contributed by atoms with E-state index < -0.39 is 0 Å². The van der Waals surface area contributed by atoms with Crippen molar-refractivity contribution in [2.45, 2.75) is 78.2 Å². The van der Waals surface area contributed by atoms with E-state index in [0.29, 0.717) is 43.2 Å². The number of hydrogen-bond acceptors (Lipinski definition) is 6. The van der Waals surface area contributed by atoms with Gasteiger partial charge in [-0.3, -0.25) is 9.69 Å². The molecule has 7 nitrogen and oxygen atoms in total. The fourth-order valence-electron chi connectivity index (χ4n) is 4.41. The minimum atomic E-state index is 0.0642. The second-order valence-electron chi connectivity index (χ2n) is 8.80. The van der Waals surface area contributed by atoms with E-state index in [1.807, 2.05) is 0 Å². The summed E-state index contributed by atoms with van der Waals surface area (Å²) in [6.45, 7) is 10.3. The summed E-state index contributed by atoms with van der Waals surface area (Å²) in [5.41, 5.74) is 6.84. The zero-order chi connectivity index (χ0) is 20.8. The molecule has 0 aromatic carbocycles. The number of carbonyl (C=O) groups is 1. The van der Waals surface area contributed by atoms with Gasteiger partial charge in [0.1, 0.15) is 11.6 Å². The fraction of sp³-hybridized carbons (Fsp3) is 0.773. The van der Waals surface area contributed by atoms with Gasteiger partial charge in [-0.2, -0.15) is 9.97 Å². The van der Waals surface area contributed by atoms with E-state index in [1.165, 1.54) is 32.4 Å². The van der Waals surface area contributed by atoms with E-state index in [9.17, 15) is 4.79 Å². The molecular formula is C22H37N5O2. The second-order valence-corrected chi connectivity index (χ2v) is 8.80. The summed E-state index contributed by atoms with van der Waals surface area (Å²) in [5.74, 6) is 1.77. The van der Waals surface area contributed by atoms with Gasteiger partial charge >= 0.3 is 6.01 Å². The van der Waals surface area contributed by atoms with Crippen LogP contribution in [0.4, 0.5) is 11.6 Å². The van der Waals surface area contributed by atoms with Gasteiger partial charge in [0.2, 0.25) is 5.91 Å². The van der Waals surface area contributed by atoms with Crippen molar-refractivity contribution in [3.63, 3.8) is 0 Å². The van der Waals surface area contributed by atoms with Crippen LogP contribution in [0.1, 0.15) is 71.3 Å². The number of nitrogens with zero attached hydrogens (tertiary/aromatic N) is 4. The zero-order valence-electron chi connectivity index (χ0n) is 18.3. The van der Waals surface area contributed by atoms with Crippen molar-refractivity contribution < 1.29 is 9.53 Å². The maximum Gasteiger partial charge on any atom is 0.320 e. The Labute approximate surface area is 175 Å². The Balaban J connectivity index is 1.61. The van der Waals surface area contributed by atoms with E-state index in [0.717, 1.165) is 31.2 Å². The van der Waals surface area contributed by atoms with Crippen LogP contribution in [0.5, 0.6) is 6.01 Å². The Bertz CT molecular complexity index is 694. The van der Waals surface area contributed by atoms with Crippen LogP contribution in [0.25, 0.3) is 0 Å². The summed E-state index contributed by atoms with van der Waals surface area (Å²) in [6, 6.07) is 0.913. The Kier molecular flexibility index (Phi) is 7.70. The van der Waals surface area contributed by atoms with Crippen molar-refractivity contribution in [2.75, 3.05) is 36.9 Å². The molecule has 0 saturated carbocycles. The lowest BCUT2D eigenvalue weighted by Crippen LogP contribution is -2.42. The van der Waals surface area contributed by atoms with Crippen LogP contribution >= 0.6 is 0 Å². The SMILES string of the molecule is CCCCOc1nc(N)c2c(n1)N(CCCC1CCCCN1CC(C)C)C(=O)C2. The van der Waals surface area contributed by atoms with Gasteiger partial charge in [-0.1, -0.05) is 33.6 Å². The maximum absolute atomic E-state index is 12.6. The Morgan fingerprint density at radius 1 is 1.24 bits per heavy atom. The van der Waals surface area contributed by atoms with Gasteiger partial charge in [0.25, 0.3) is 0 Å². The van der Waals surface area contributed by atoms with Gasteiger partial charge in [-0.15, -0.1) is 0 Å². The quantitative estimate of drug-likeness (QED) is 0.603. The number of nitrogens with two attached hydrogens (primary N) is 1. The van der Waals surface area contributed by atoms with Gasteiger partial charge in [0, 0.05) is 24.7 Å². The first kappa shape index (κ1) is 21.8. The molecule has 2 aliphatic heterocycles. The molecule has 1 aromatic heterocycles. The number of aromatic nitrogens is 2. The van der Waals surface area contributed by atoms with Crippen molar-refractivity contribution in [1.82, 2.24) is 14.9 Å². The molecule has 2 aliphatic rings. The van der Waals surface area contributed by atoms with Crippen LogP contribution in [0.2, 0.25) is 0 Å². The third kappa shape index (κ3) is 5.59. The molecule has 1 unspecified atom stereocenters. The highest BCUT2D eigenvalue weighted by Crippen LogP contribution is 2.32. The van der Waals surface area contributed by atoms with E-state index in [1.54, 1.807) is 4.90 Å². The number of anilines is 2. The first-order valence-corrected chi connectivity index (χ1v) is 11.3. The van der Waals surface area contributed by atoms with Gasteiger partial charge in [0.15, 0.2) is 0 Å². The molecule has 3 heterocycles. The third-order valence-corrected chi connectivity index (χ3v) is 5.88. The van der Waals surface area contributed by atoms with Crippen molar-refractivity contribution in [1.29, 1.82) is 0 Å². The largest absolute Gasteiger partial charge is 0.463 e. The normalized spacial score (nSPS) is 19.8. The molecule has 0 spiro atoms. The highest BCUT2D eigenvalue weighted by Gasteiger charge is 2.32. The summed E-state index contributed by atoms with van der Waals surface area (Å²) in [7, 11) is 0. The number of rotatable bonds is 10. The van der Waals surface area contributed by atoms with Crippen LogP contribution < -0.4 is 15.4 Å². The lowest BCUT2D eigenvalue weighted by Gasteiger charge is -2.37. The summed E-state index contributed by atoms with van der Waals surface area (Å²) in [4.78, 5) is 25.8. The van der Waals surface area contributed by atoms with Gasteiger partial charge < -0.3 is 15.4 Å². The van der Waals surface area contributed by atoms with Crippen LogP contribution in [0, 0.1) is 5.92 Å². The average molecular weight is 404 g/mol. The summed E-state index contributed by atoms with van der Waals surface area (Å²) in [6.07, 6.45) is 8.25. The minimum Gasteiger partial charge on any atom is -0.463 e. The van der Waals surface area contributed by atoms with Crippen molar-refractivity contribution >= 4 is 17.5 Å². The third-order valence-electron chi connectivity index (χ3n) is 5.88. The topological polar surface area (TPSA) is 84.6 Å². The smallest absolute Gasteiger partial charge is 0.320 e. The lowest BCUT2D eigenvalue weighted by molar-refractivity contribution is -0.117. The van der Waals surface area contributed by atoms with Crippen LogP contribution in [0.3, 0.4) is 0 Å². The first-order chi connectivity index (χ1) is 14.0. The molecular weight excluding hydrogens is 366 g/mol. The maximum atomic E-state index is 12.6. The van der Waals surface area contributed by atoms with Crippen LogP contribution in [0.15, 0.2) is 0 Å². The Hall–Kier alpha value is -1.89. The van der Waals surface area contributed by atoms with E-state index in [4.69, 9.17) is 10.5 Å². The highest BCUT2D eigenvalue weighted by atomic mass is 16.5. The number of fused-ring (bicyclic) bond motifs is 1. The molecule has 162 valence electrons. The lowest BCUT2D eigenvalue weighted by atomic mass is 9.96. The molecule has 0 aliphatic carbocycles.